The van der Waals surface area contributed by atoms with Crippen molar-refractivity contribution in [3.8, 4) is 34.1 Å². The molecule has 0 bridgehead atoms. The van der Waals surface area contributed by atoms with Crippen molar-refractivity contribution in [1.29, 1.82) is 0 Å². The van der Waals surface area contributed by atoms with Crippen LogP contribution < -0.4 is 14.8 Å². The van der Waals surface area contributed by atoms with Crippen LogP contribution in [0.25, 0.3) is 28.7 Å². The monoisotopic (exact) mass is 502 g/mol. The van der Waals surface area contributed by atoms with E-state index in [0.29, 0.717) is 46.7 Å². The Kier molecular flexibility index (Phi) is 5.39. The van der Waals surface area contributed by atoms with Gasteiger partial charge in [0.05, 0.1) is 17.7 Å². The number of rotatable bonds is 4. The van der Waals surface area contributed by atoms with Gasteiger partial charge in [-0.1, -0.05) is 19.9 Å². The Morgan fingerprint density at radius 2 is 1.97 bits per heavy atom. The van der Waals surface area contributed by atoms with Crippen molar-refractivity contribution in [2.24, 2.45) is 0 Å². The zero-order valence-electron chi connectivity index (χ0n) is 18.4. The number of imide groups is 1. The number of nitrogens with one attached hydrogen (secondary N) is 1. The minimum atomic E-state index is -4.94. The van der Waals surface area contributed by atoms with Gasteiger partial charge in [0.15, 0.2) is 0 Å². The number of aromatic nitrogens is 1. The largest absolute Gasteiger partial charge is 0.573 e. The SMILES string of the molecule is CC1(C)COc2c(-c3cc(C=C4SC(=O)NC4=O)ccc3OC(F)(F)F)cc(-c3ncco3)cc21. The number of fused-ring (bicyclic) bond motifs is 1. The number of carbonyl (C=O) groups excluding carboxylic acids is 2. The van der Waals surface area contributed by atoms with E-state index < -0.39 is 28.7 Å². The number of hydrogen-bond acceptors (Lipinski definition) is 7. The van der Waals surface area contributed by atoms with Crippen molar-refractivity contribution in [2.75, 3.05) is 6.61 Å². The summed E-state index contributed by atoms with van der Waals surface area (Å²) in [6, 6.07) is 7.46. The summed E-state index contributed by atoms with van der Waals surface area (Å²) in [6.07, 6.45) is -0.637. The third-order valence-electron chi connectivity index (χ3n) is 5.53. The summed E-state index contributed by atoms with van der Waals surface area (Å²) in [4.78, 5) is 27.8. The second-order valence-corrected chi connectivity index (χ2v) is 9.58. The van der Waals surface area contributed by atoms with E-state index in [9.17, 15) is 22.8 Å². The molecular weight excluding hydrogens is 485 g/mol. The van der Waals surface area contributed by atoms with Crippen LogP contribution in [0, 0.1) is 0 Å². The van der Waals surface area contributed by atoms with Crippen LogP contribution in [0.15, 0.2) is 52.1 Å². The van der Waals surface area contributed by atoms with Crippen molar-refractivity contribution in [3.05, 3.63) is 58.8 Å². The van der Waals surface area contributed by atoms with Gasteiger partial charge in [-0.2, -0.15) is 0 Å². The molecule has 3 heterocycles. The molecule has 1 N–H and O–H groups in total. The number of hydrogen-bond donors (Lipinski definition) is 1. The summed E-state index contributed by atoms with van der Waals surface area (Å²) in [7, 11) is 0. The van der Waals surface area contributed by atoms with E-state index in [1.165, 1.54) is 36.7 Å². The third kappa shape index (κ3) is 4.51. The smallest absolute Gasteiger partial charge is 0.492 e. The highest BCUT2D eigenvalue weighted by Gasteiger charge is 2.37. The van der Waals surface area contributed by atoms with Gasteiger partial charge in [0.25, 0.3) is 11.1 Å². The second kappa shape index (κ2) is 8.19. The molecule has 180 valence electrons. The van der Waals surface area contributed by atoms with Crippen LogP contribution in [0.2, 0.25) is 0 Å². The van der Waals surface area contributed by atoms with Crippen LogP contribution in [-0.2, 0) is 10.2 Å². The minimum Gasteiger partial charge on any atom is -0.492 e. The predicted molar refractivity (Wildman–Crippen MR) is 122 cm³/mol. The van der Waals surface area contributed by atoms with E-state index in [0.717, 1.165) is 5.56 Å². The summed E-state index contributed by atoms with van der Waals surface area (Å²) < 4.78 is 55.5. The molecule has 0 aliphatic carbocycles. The number of halogens is 3. The van der Waals surface area contributed by atoms with Gasteiger partial charge in [-0.15, -0.1) is 13.2 Å². The highest BCUT2D eigenvalue weighted by atomic mass is 32.2. The molecule has 35 heavy (non-hydrogen) atoms. The third-order valence-corrected chi connectivity index (χ3v) is 6.34. The Balaban J connectivity index is 1.72. The lowest BCUT2D eigenvalue weighted by molar-refractivity contribution is -0.274. The molecule has 0 atom stereocenters. The molecule has 0 radical (unpaired) electrons. The molecule has 0 spiro atoms. The molecule has 7 nitrogen and oxygen atoms in total. The minimum absolute atomic E-state index is 0.0914. The number of nitrogens with zero attached hydrogens (tertiary/aromatic N) is 1. The first-order chi connectivity index (χ1) is 16.5. The molecule has 5 rings (SSSR count). The van der Waals surface area contributed by atoms with E-state index >= 15 is 0 Å². The lowest BCUT2D eigenvalue weighted by atomic mass is 9.84. The quantitative estimate of drug-likeness (QED) is 0.444. The fourth-order valence-electron chi connectivity index (χ4n) is 3.94. The first-order valence-corrected chi connectivity index (χ1v) is 11.2. The number of oxazole rings is 1. The van der Waals surface area contributed by atoms with Crippen molar-refractivity contribution in [2.45, 2.75) is 25.6 Å². The molecule has 2 aliphatic heterocycles. The van der Waals surface area contributed by atoms with Crippen molar-refractivity contribution >= 4 is 29.0 Å². The molecule has 1 aromatic heterocycles. The molecule has 1 saturated heterocycles. The van der Waals surface area contributed by atoms with Gasteiger partial charge in [0.2, 0.25) is 5.89 Å². The summed E-state index contributed by atoms with van der Waals surface area (Å²) in [5, 5.41) is 1.63. The van der Waals surface area contributed by atoms with Gasteiger partial charge in [-0.25, -0.2) is 4.98 Å². The maximum atomic E-state index is 13.3. The first-order valence-electron chi connectivity index (χ1n) is 10.4. The van der Waals surface area contributed by atoms with E-state index in [1.807, 2.05) is 19.9 Å². The van der Waals surface area contributed by atoms with Crippen molar-refractivity contribution in [3.63, 3.8) is 0 Å². The van der Waals surface area contributed by atoms with Gasteiger partial charge in [0, 0.05) is 27.7 Å². The van der Waals surface area contributed by atoms with Gasteiger partial charge < -0.3 is 13.9 Å². The van der Waals surface area contributed by atoms with Gasteiger partial charge in [0.1, 0.15) is 17.8 Å². The van der Waals surface area contributed by atoms with Crippen LogP contribution in [-0.4, -0.2) is 29.1 Å². The molecule has 2 aromatic carbocycles. The van der Waals surface area contributed by atoms with Gasteiger partial charge >= 0.3 is 6.36 Å². The maximum absolute atomic E-state index is 13.3. The number of alkyl halides is 3. The Bertz CT molecular complexity index is 1380. The van der Waals surface area contributed by atoms with E-state index in [1.54, 1.807) is 6.07 Å². The number of benzene rings is 2. The highest BCUT2D eigenvalue weighted by Crippen LogP contribution is 2.49. The van der Waals surface area contributed by atoms with Crippen LogP contribution in [0.3, 0.4) is 0 Å². The van der Waals surface area contributed by atoms with E-state index in [-0.39, 0.29) is 10.5 Å². The first kappa shape index (κ1) is 23.0. The summed E-state index contributed by atoms with van der Waals surface area (Å²) in [5.74, 6) is -0.301. The molecule has 2 amide bonds. The standard InChI is InChI=1S/C24H17F3N2O5S/c1-23(2)11-33-19-15(9-13(10-16(19)23)21-28-5-6-32-21)14-7-12(3-4-17(14)34-24(25,26)27)8-18-20(30)29-22(31)35-18/h3-10H,11H2,1-2H3,(H,29,30,31). The Morgan fingerprint density at radius 1 is 1.17 bits per heavy atom. The average molecular weight is 502 g/mol. The van der Waals surface area contributed by atoms with E-state index in [4.69, 9.17) is 9.15 Å². The zero-order chi connectivity index (χ0) is 25.0. The molecule has 2 aliphatic rings. The van der Waals surface area contributed by atoms with Crippen LogP contribution >= 0.6 is 11.8 Å². The Hall–Kier alpha value is -3.73. The molecule has 11 heteroatoms. The lowest BCUT2D eigenvalue weighted by Crippen LogP contribution is -2.18. The molecular formula is C24H17F3N2O5S. The second-order valence-electron chi connectivity index (χ2n) is 8.57. The lowest BCUT2D eigenvalue weighted by Gasteiger charge is -2.18. The fourth-order valence-corrected chi connectivity index (χ4v) is 4.62. The summed E-state index contributed by atoms with van der Waals surface area (Å²) in [5.41, 5.74) is 1.75. The molecule has 0 saturated carbocycles. The fraction of sp³-hybridized carbons (Fsp3) is 0.208. The zero-order valence-corrected chi connectivity index (χ0v) is 19.2. The van der Waals surface area contributed by atoms with Crippen molar-refractivity contribution < 1.29 is 36.7 Å². The molecule has 0 unspecified atom stereocenters. The van der Waals surface area contributed by atoms with Crippen LogP contribution in [0.1, 0.15) is 25.0 Å². The maximum Gasteiger partial charge on any atom is 0.573 e. The topological polar surface area (TPSA) is 90.7 Å². The van der Waals surface area contributed by atoms with Gasteiger partial charge in [-0.3, -0.25) is 14.9 Å². The number of amides is 2. The Morgan fingerprint density at radius 3 is 2.63 bits per heavy atom. The summed E-state index contributed by atoms with van der Waals surface area (Å²) >= 11 is 0.710. The normalized spacial score (nSPS) is 17.9. The van der Waals surface area contributed by atoms with E-state index in [2.05, 4.69) is 15.0 Å². The number of thioether (sulfide) groups is 1. The number of carbonyl (C=O) groups is 2. The summed E-state index contributed by atoms with van der Waals surface area (Å²) in [6.45, 7) is 4.24. The average Bonchev–Trinajstić information content (AvgIpc) is 3.48. The van der Waals surface area contributed by atoms with Crippen LogP contribution in [0.5, 0.6) is 11.5 Å². The molecule has 1 fully saturated rings. The predicted octanol–water partition coefficient (Wildman–Crippen LogP) is 5.90. The Labute approximate surface area is 201 Å². The number of ether oxygens (including phenoxy) is 2. The van der Waals surface area contributed by atoms with Crippen molar-refractivity contribution in [1.82, 2.24) is 10.3 Å². The van der Waals surface area contributed by atoms with Crippen LogP contribution in [0.4, 0.5) is 18.0 Å². The molecule has 3 aromatic rings. The van der Waals surface area contributed by atoms with Gasteiger partial charge in [-0.05, 0) is 47.7 Å². The highest BCUT2D eigenvalue weighted by molar-refractivity contribution is 8.18.